The van der Waals surface area contributed by atoms with Crippen LogP contribution >= 0.6 is 0 Å². The Balaban J connectivity index is 1.67. The van der Waals surface area contributed by atoms with Crippen LogP contribution < -0.4 is 20.1 Å². The van der Waals surface area contributed by atoms with Crippen LogP contribution in [0.3, 0.4) is 0 Å². The Kier molecular flexibility index (Phi) is 8.69. The molecule has 2 aromatic rings. The van der Waals surface area contributed by atoms with Gasteiger partial charge in [-0.15, -0.1) is 0 Å². The van der Waals surface area contributed by atoms with E-state index in [0.29, 0.717) is 17.1 Å². The van der Waals surface area contributed by atoms with E-state index in [9.17, 15) is 14.4 Å². The zero-order valence-corrected chi connectivity index (χ0v) is 16.7. The largest absolute Gasteiger partial charge is 0.484 e. The Morgan fingerprint density at radius 1 is 0.931 bits per heavy atom. The monoisotopic (exact) mass is 398 g/mol. The van der Waals surface area contributed by atoms with E-state index in [1.807, 2.05) is 24.3 Å². The third-order valence-corrected chi connectivity index (χ3v) is 3.92. The van der Waals surface area contributed by atoms with Crippen molar-refractivity contribution in [3.8, 4) is 11.5 Å². The summed E-state index contributed by atoms with van der Waals surface area (Å²) in [5.41, 5.74) is 1.60. The van der Waals surface area contributed by atoms with Crippen molar-refractivity contribution in [1.29, 1.82) is 0 Å². The number of carbonyl (C=O) groups excluding carboxylic acids is 3. The standard InChI is InChI=1S/C22H26N2O5/c1-3-5-17-8-10-19(11-9-17)28-15-21(26)23-12-13-24-22(27)18-6-4-7-20(14-18)29-16(2)25/h4,6-11,14H,3,5,12-13,15H2,1-2H3,(H,23,26)(H,24,27). The molecule has 0 fully saturated rings. The van der Waals surface area contributed by atoms with Gasteiger partial charge in [0.1, 0.15) is 11.5 Å². The minimum atomic E-state index is -0.454. The predicted octanol–water partition coefficient (Wildman–Crippen LogP) is 2.49. The van der Waals surface area contributed by atoms with Crippen LogP contribution in [-0.4, -0.2) is 37.5 Å². The fraction of sp³-hybridized carbons (Fsp3) is 0.318. The second kappa shape index (κ2) is 11.5. The second-order valence-electron chi connectivity index (χ2n) is 6.41. The summed E-state index contributed by atoms with van der Waals surface area (Å²) in [4.78, 5) is 35.0. The summed E-state index contributed by atoms with van der Waals surface area (Å²) in [7, 11) is 0. The maximum absolute atomic E-state index is 12.1. The van der Waals surface area contributed by atoms with Gasteiger partial charge in [-0.05, 0) is 42.3 Å². The summed E-state index contributed by atoms with van der Waals surface area (Å²) < 4.78 is 10.4. The summed E-state index contributed by atoms with van der Waals surface area (Å²) in [6.45, 7) is 3.85. The van der Waals surface area contributed by atoms with Crippen LogP contribution in [-0.2, 0) is 16.0 Å². The first-order valence-electron chi connectivity index (χ1n) is 9.53. The highest BCUT2D eigenvalue weighted by molar-refractivity contribution is 5.94. The number of nitrogens with one attached hydrogen (secondary N) is 2. The fourth-order valence-corrected chi connectivity index (χ4v) is 2.59. The number of aryl methyl sites for hydroxylation is 1. The molecule has 0 aliphatic rings. The van der Waals surface area contributed by atoms with Gasteiger partial charge in [-0.3, -0.25) is 14.4 Å². The highest BCUT2D eigenvalue weighted by Crippen LogP contribution is 2.14. The first-order valence-corrected chi connectivity index (χ1v) is 9.53. The molecule has 0 unspecified atom stereocenters. The van der Waals surface area contributed by atoms with Gasteiger partial charge in [-0.2, -0.15) is 0 Å². The van der Waals surface area contributed by atoms with Gasteiger partial charge in [0.15, 0.2) is 6.61 Å². The Labute approximate surface area is 170 Å². The number of esters is 1. The van der Waals surface area contributed by atoms with Crippen molar-refractivity contribution in [2.75, 3.05) is 19.7 Å². The summed E-state index contributed by atoms with van der Waals surface area (Å²) >= 11 is 0. The number of ether oxygens (including phenoxy) is 2. The average Bonchev–Trinajstić information content (AvgIpc) is 2.70. The lowest BCUT2D eigenvalue weighted by Crippen LogP contribution is -2.36. The molecule has 0 radical (unpaired) electrons. The zero-order valence-electron chi connectivity index (χ0n) is 16.7. The van der Waals surface area contributed by atoms with Crippen LogP contribution in [0.15, 0.2) is 48.5 Å². The summed E-state index contributed by atoms with van der Waals surface area (Å²) in [6, 6.07) is 14.0. The first kappa shape index (κ1) is 21.9. The van der Waals surface area contributed by atoms with Crippen molar-refractivity contribution in [3.05, 3.63) is 59.7 Å². The smallest absolute Gasteiger partial charge is 0.308 e. The molecule has 7 nitrogen and oxygen atoms in total. The Bertz CT molecular complexity index is 833. The van der Waals surface area contributed by atoms with E-state index >= 15 is 0 Å². The molecule has 29 heavy (non-hydrogen) atoms. The van der Waals surface area contributed by atoms with Gasteiger partial charge in [-0.1, -0.05) is 31.5 Å². The van der Waals surface area contributed by atoms with Crippen LogP contribution in [0.2, 0.25) is 0 Å². The number of carbonyl (C=O) groups is 3. The first-order chi connectivity index (χ1) is 14.0. The normalized spacial score (nSPS) is 10.1. The molecule has 2 rings (SSSR count). The third kappa shape index (κ3) is 8.04. The quantitative estimate of drug-likeness (QED) is 0.364. The molecule has 0 aromatic heterocycles. The van der Waals surface area contributed by atoms with E-state index in [1.54, 1.807) is 18.2 Å². The minimum absolute atomic E-state index is 0.0918. The molecule has 0 spiro atoms. The fourth-order valence-electron chi connectivity index (χ4n) is 2.59. The third-order valence-electron chi connectivity index (χ3n) is 3.92. The van der Waals surface area contributed by atoms with Crippen LogP contribution in [0.4, 0.5) is 0 Å². The van der Waals surface area contributed by atoms with Gasteiger partial charge in [0.25, 0.3) is 11.8 Å². The van der Waals surface area contributed by atoms with Crippen LogP contribution in [0.1, 0.15) is 36.2 Å². The second-order valence-corrected chi connectivity index (χ2v) is 6.41. The Hall–Kier alpha value is -3.35. The van der Waals surface area contributed by atoms with Crippen molar-refractivity contribution in [3.63, 3.8) is 0 Å². The van der Waals surface area contributed by atoms with E-state index in [1.165, 1.54) is 18.6 Å². The molecule has 2 N–H and O–H groups in total. The lowest BCUT2D eigenvalue weighted by Gasteiger charge is -2.09. The van der Waals surface area contributed by atoms with Crippen molar-refractivity contribution in [2.24, 2.45) is 0 Å². The molecule has 0 aliphatic heterocycles. The molecular weight excluding hydrogens is 372 g/mol. The van der Waals surface area contributed by atoms with Gasteiger partial charge in [0, 0.05) is 25.6 Å². The molecular formula is C22H26N2O5. The molecule has 0 aliphatic carbocycles. The van der Waals surface area contributed by atoms with Gasteiger partial charge in [0.2, 0.25) is 0 Å². The van der Waals surface area contributed by atoms with E-state index < -0.39 is 5.97 Å². The maximum atomic E-state index is 12.1. The zero-order chi connectivity index (χ0) is 21.1. The summed E-state index contributed by atoms with van der Waals surface area (Å²) in [5.74, 6) is -0.103. The van der Waals surface area contributed by atoms with E-state index in [4.69, 9.17) is 9.47 Å². The predicted molar refractivity (Wildman–Crippen MR) is 109 cm³/mol. The lowest BCUT2D eigenvalue weighted by atomic mass is 10.1. The van der Waals surface area contributed by atoms with Crippen molar-refractivity contribution >= 4 is 17.8 Å². The number of hydrogen-bond donors (Lipinski definition) is 2. The molecule has 2 amide bonds. The van der Waals surface area contributed by atoms with Crippen LogP contribution in [0.5, 0.6) is 11.5 Å². The molecule has 0 saturated carbocycles. The Morgan fingerprint density at radius 3 is 2.34 bits per heavy atom. The minimum Gasteiger partial charge on any atom is -0.484 e. The molecule has 2 aromatic carbocycles. The highest BCUT2D eigenvalue weighted by atomic mass is 16.5. The average molecular weight is 398 g/mol. The SMILES string of the molecule is CCCc1ccc(OCC(=O)NCCNC(=O)c2cccc(OC(C)=O)c2)cc1. The summed E-state index contributed by atoms with van der Waals surface area (Å²) in [5, 5.41) is 5.37. The maximum Gasteiger partial charge on any atom is 0.308 e. The molecule has 0 heterocycles. The molecule has 0 bridgehead atoms. The number of rotatable bonds is 10. The molecule has 154 valence electrons. The lowest BCUT2D eigenvalue weighted by molar-refractivity contribution is -0.131. The molecule has 7 heteroatoms. The van der Waals surface area contributed by atoms with Crippen molar-refractivity contribution in [2.45, 2.75) is 26.7 Å². The van der Waals surface area contributed by atoms with Crippen LogP contribution in [0.25, 0.3) is 0 Å². The number of hydrogen-bond acceptors (Lipinski definition) is 5. The van der Waals surface area contributed by atoms with Gasteiger partial charge < -0.3 is 20.1 Å². The highest BCUT2D eigenvalue weighted by Gasteiger charge is 2.08. The van der Waals surface area contributed by atoms with Crippen molar-refractivity contribution in [1.82, 2.24) is 10.6 Å². The van der Waals surface area contributed by atoms with Gasteiger partial charge >= 0.3 is 5.97 Å². The Morgan fingerprint density at radius 2 is 1.66 bits per heavy atom. The topological polar surface area (TPSA) is 93.7 Å². The van der Waals surface area contributed by atoms with Gasteiger partial charge in [0.05, 0.1) is 0 Å². The van der Waals surface area contributed by atoms with E-state index in [-0.39, 0.29) is 31.5 Å². The van der Waals surface area contributed by atoms with E-state index in [0.717, 1.165) is 12.8 Å². The van der Waals surface area contributed by atoms with Crippen molar-refractivity contribution < 1.29 is 23.9 Å². The molecule has 0 atom stereocenters. The van der Waals surface area contributed by atoms with Crippen LogP contribution in [0, 0.1) is 0 Å². The summed E-state index contributed by atoms with van der Waals surface area (Å²) in [6.07, 6.45) is 2.09. The number of amides is 2. The molecule has 0 saturated heterocycles. The van der Waals surface area contributed by atoms with E-state index in [2.05, 4.69) is 17.6 Å². The van der Waals surface area contributed by atoms with Gasteiger partial charge in [-0.25, -0.2) is 0 Å². The number of benzene rings is 2.